The first-order chi connectivity index (χ1) is 10.1. The summed E-state index contributed by atoms with van der Waals surface area (Å²) in [6.07, 6.45) is 2.29. The summed E-state index contributed by atoms with van der Waals surface area (Å²) in [4.78, 5) is 14.3. The maximum Gasteiger partial charge on any atom is 0.223 e. The number of ether oxygens (including phenoxy) is 1. The second-order valence-electron chi connectivity index (χ2n) is 6.55. The number of fused-ring (bicyclic) bond motifs is 1. The Kier molecular flexibility index (Phi) is 3.89. The van der Waals surface area contributed by atoms with Crippen LogP contribution in [0, 0.1) is 5.92 Å². The van der Waals surface area contributed by atoms with Gasteiger partial charge in [0.25, 0.3) is 0 Å². The van der Waals surface area contributed by atoms with E-state index in [0.29, 0.717) is 12.3 Å². The van der Waals surface area contributed by atoms with Gasteiger partial charge in [-0.1, -0.05) is 19.9 Å². The van der Waals surface area contributed by atoms with E-state index in [1.54, 1.807) is 0 Å². The van der Waals surface area contributed by atoms with E-state index in [1.807, 2.05) is 11.0 Å². The molecule has 4 heteroatoms. The van der Waals surface area contributed by atoms with Gasteiger partial charge in [-0.3, -0.25) is 4.79 Å². The zero-order valence-corrected chi connectivity index (χ0v) is 12.8. The molecule has 3 rings (SSSR count). The van der Waals surface area contributed by atoms with Crippen LogP contribution in [-0.4, -0.2) is 30.0 Å². The van der Waals surface area contributed by atoms with Crippen LogP contribution in [0.1, 0.15) is 43.9 Å². The smallest absolute Gasteiger partial charge is 0.223 e. The molecule has 1 aromatic carbocycles. The predicted molar refractivity (Wildman–Crippen MR) is 82.1 cm³/mol. The first kappa shape index (κ1) is 14.4. The average molecular weight is 288 g/mol. The Morgan fingerprint density at radius 2 is 2.19 bits per heavy atom. The minimum atomic E-state index is -0.000417. The highest BCUT2D eigenvalue weighted by atomic mass is 16.5. The molecule has 0 aromatic heterocycles. The van der Waals surface area contributed by atoms with Gasteiger partial charge in [-0.05, 0) is 35.6 Å². The number of amides is 1. The normalized spacial score (nSPS) is 25.1. The third-order valence-electron chi connectivity index (χ3n) is 4.37. The SMILES string of the molecule is CC(C)CN1C(=O)CCC(N)C1c1ccc2c(c1)CCO2. The van der Waals surface area contributed by atoms with E-state index in [0.717, 1.165) is 37.3 Å². The Morgan fingerprint density at radius 3 is 2.95 bits per heavy atom. The van der Waals surface area contributed by atoms with Crippen molar-refractivity contribution in [3.05, 3.63) is 29.3 Å². The molecule has 0 spiro atoms. The van der Waals surface area contributed by atoms with Crippen LogP contribution in [0.2, 0.25) is 0 Å². The van der Waals surface area contributed by atoms with Gasteiger partial charge in [-0.25, -0.2) is 0 Å². The van der Waals surface area contributed by atoms with Crippen LogP contribution in [0.4, 0.5) is 0 Å². The van der Waals surface area contributed by atoms with Gasteiger partial charge in [0.05, 0.1) is 12.6 Å². The lowest BCUT2D eigenvalue weighted by molar-refractivity contribution is -0.138. The molecule has 2 aliphatic heterocycles. The van der Waals surface area contributed by atoms with Gasteiger partial charge in [0.15, 0.2) is 0 Å². The highest BCUT2D eigenvalue weighted by Gasteiger charge is 2.35. The Morgan fingerprint density at radius 1 is 1.38 bits per heavy atom. The van der Waals surface area contributed by atoms with E-state index < -0.39 is 0 Å². The molecule has 21 heavy (non-hydrogen) atoms. The van der Waals surface area contributed by atoms with E-state index in [9.17, 15) is 4.79 Å². The second-order valence-corrected chi connectivity index (χ2v) is 6.55. The molecule has 1 saturated heterocycles. The third-order valence-corrected chi connectivity index (χ3v) is 4.37. The maximum absolute atomic E-state index is 12.3. The van der Waals surface area contributed by atoms with Crippen LogP contribution >= 0.6 is 0 Å². The molecule has 2 aliphatic rings. The number of piperidine rings is 1. The summed E-state index contributed by atoms with van der Waals surface area (Å²) in [5.74, 6) is 1.65. The molecule has 4 nitrogen and oxygen atoms in total. The number of carbonyl (C=O) groups is 1. The van der Waals surface area contributed by atoms with Crippen molar-refractivity contribution in [2.45, 2.75) is 45.2 Å². The van der Waals surface area contributed by atoms with Gasteiger partial charge in [0.2, 0.25) is 5.91 Å². The predicted octanol–water partition coefficient (Wildman–Crippen LogP) is 2.27. The molecule has 1 fully saturated rings. The van der Waals surface area contributed by atoms with Crippen molar-refractivity contribution in [3.63, 3.8) is 0 Å². The van der Waals surface area contributed by atoms with Crippen molar-refractivity contribution in [3.8, 4) is 5.75 Å². The quantitative estimate of drug-likeness (QED) is 0.928. The summed E-state index contributed by atoms with van der Waals surface area (Å²) in [6, 6.07) is 6.29. The molecule has 2 N–H and O–H groups in total. The fourth-order valence-electron chi connectivity index (χ4n) is 3.40. The summed E-state index contributed by atoms with van der Waals surface area (Å²) < 4.78 is 5.57. The molecule has 114 valence electrons. The van der Waals surface area contributed by atoms with Crippen LogP contribution in [0.15, 0.2) is 18.2 Å². The summed E-state index contributed by atoms with van der Waals surface area (Å²) in [5.41, 5.74) is 8.75. The van der Waals surface area contributed by atoms with Crippen LogP contribution in [-0.2, 0) is 11.2 Å². The molecule has 1 aromatic rings. The van der Waals surface area contributed by atoms with Crippen LogP contribution in [0.3, 0.4) is 0 Å². The van der Waals surface area contributed by atoms with Crippen LogP contribution < -0.4 is 10.5 Å². The molecule has 0 saturated carbocycles. The number of hydrogen-bond acceptors (Lipinski definition) is 3. The summed E-state index contributed by atoms with van der Waals surface area (Å²) in [7, 11) is 0. The highest BCUT2D eigenvalue weighted by Crippen LogP contribution is 2.35. The molecule has 1 amide bonds. The van der Waals surface area contributed by atoms with Gasteiger partial charge in [0.1, 0.15) is 5.75 Å². The molecule has 0 radical (unpaired) electrons. The average Bonchev–Trinajstić information content (AvgIpc) is 2.90. The Labute approximate surface area is 126 Å². The lowest BCUT2D eigenvalue weighted by Crippen LogP contribution is -2.50. The highest BCUT2D eigenvalue weighted by molar-refractivity contribution is 5.78. The van der Waals surface area contributed by atoms with Gasteiger partial charge in [-0.2, -0.15) is 0 Å². The Balaban J connectivity index is 1.93. The Bertz CT molecular complexity index is 542. The number of likely N-dealkylation sites (tertiary alicyclic amines) is 1. The van der Waals surface area contributed by atoms with Crippen LogP contribution in [0.5, 0.6) is 5.75 Å². The topological polar surface area (TPSA) is 55.6 Å². The van der Waals surface area contributed by atoms with E-state index in [2.05, 4.69) is 26.0 Å². The summed E-state index contributed by atoms with van der Waals surface area (Å²) in [6.45, 7) is 5.80. The van der Waals surface area contributed by atoms with Crippen molar-refractivity contribution in [2.24, 2.45) is 11.7 Å². The molecular formula is C17H24N2O2. The fourth-order valence-corrected chi connectivity index (χ4v) is 3.40. The number of benzene rings is 1. The fraction of sp³-hybridized carbons (Fsp3) is 0.588. The molecule has 0 bridgehead atoms. The molecular weight excluding hydrogens is 264 g/mol. The lowest BCUT2D eigenvalue weighted by atomic mass is 9.89. The van der Waals surface area contributed by atoms with Crippen molar-refractivity contribution in [2.75, 3.05) is 13.2 Å². The Hall–Kier alpha value is -1.55. The van der Waals surface area contributed by atoms with Crippen molar-refractivity contribution in [1.29, 1.82) is 0 Å². The van der Waals surface area contributed by atoms with Crippen molar-refractivity contribution in [1.82, 2.24) is 4.90 Å². The summed E-state index contributed by atoms with van der Waals surface area (Å²) in [5, 5.41) is 0. The van der Waals surface area contributed by atoms with Crippen LogP contribution in [0.25, 0.3) is 0 Å². The van der Waals surface area contributed by atoms with E-state index >= 15 is 0 Å². The van der Waals surface area contributed by atoms with Crippen molar-refractivity contribution < 1.29 is 9.53 Å². The van der Waals surface area contributed by atoms with Gasteiger partial charge < -0.3 is 15.4 Å². The summed E-state index contributed by atoms with van der Waals surface area (Å²) >= 11 is 0. The standard InChI is InChI=1S/C17H24N2O2/c1-11(2)10-19-16(20)6-4-14(18)17(19)13-3-5-15-12(9-13)7-8-21-15/h3,5,9,11,14,17H,4,6-8,10,18H2,1-2H3. The molecule has 2 atom stereocenters. The number of nitrogens with two attached hydrogens (primary N) is 1. The zero-order chi connectivity index (χ0) is 15.0. The van der Waals surface area contributed by atoms with Gasteiger partial charge in [-0.15, -0.1) is 0 Å². The molecule has 2 heterocycles. The largest absolute Gasteiger partial charge is 0.493 e. The minimum Gasteiger partial charge on any atom is -0.493 e. The molecule has 2 unspecified atom stereocenters. The third kappa shape index (κ3) is 2.77. The van der Waals surface area contributed by atoms with Gasteiger partial charge in [0, 0.05) is 25.4 Å². The lowest BCUT2D eigenvalue weighted by Gasteiger charge is -2.41. The number of nitrogens with zero attached hydrogens (tertiary/aromatic N) is 1. The second kappa shape index (κ2) is 5.68. The number of carbonyl (C=O) groups excluding carboxylic acids is 1. The number of rotatable bonds is 3. The van der Waals surface area contributed by atoms with E-state index in [-0.39, 0.29) is 18.0 Å². The first-order valence-electron chi connectivity index (χ1n) is 7.87. The van der Waals surface area contributed by atoms with E-state index in [4.69, 9.17) is 10.5 Å². The maximum atomic E-state index is 12.3. The number of hydrogen-bond donors (Lipinski definition) is 1. The zero-order valence-electron chi connectivity index (χ0n) is 12.8. The minimum absolute atomic E-state index is 0.000417. The monoisotopic (exact) mass is 288 g/mol. The van der Waals surface area contributed by atoms with Gasteiger partial charge >= 0.3 is 0 Å². The first-order valence-corrected chi connectivity index (χ1v) is 7.87. The van der Waals surface area contributed by atoms with E-state index in [1.165, 1.54) is 5.56 Å². The molecule has 0 aliphatic carbocycles. The van der Waals surface area contributed by atoms with Crippen molar-refractivity contribution >= 4 is 5.91 Å².